The van der Waals surface area contributed by atoms with Crippen LogP contribution in [0.4, 0.5) is 33.2 Å². The molecular weight excluding hydrogens is 683 g/mol. The normalized spacial score (nSPS) is 11.8. The molecule has 0 saturated heterocycles. The van der Waals surface area contributed by atoms with E-state index in [1.165, 1.54) is 0 Å². The first-order chi connectivity index (χ1) is 26.1. The number of hydrogen-bond donors (Lipinski definition) is 6. The van der Waals surface area contributed by atoms with Crippen molar-refractivity contribution in [2.45, 2.75) is 0 Å². The van der Waals surface area contributed by atoms with Gasteiger partial charge in [0.1, 0.15) is 0 Å². The number of nitrogens with two attached hydrogens (primary N) is 3. The number of fused-ring (bicyclic) bond motifs is 4. The lowest BCUT2D eigenvalue weighted by Crippen LogP contribution is -2.23. The van der Waals surface area contributed by atoms with Crippen molar-refractivity contribution in [3.63, 3.8) is 0 Å². The topological polar surface area (TPSA) is 216 Å². The molecule has 0 saturated carbocycles. The van der Waals surface area contributed by atoms with Crippen LogP contribution < -0.4 is 33.5 Å². The second-order valence-electron chi connectivity index (χ2n) is 12.2. The van der Waals surface area contributed by atoms with Gasteiger partial charge in [-0.15, -0.1) is 0 Å². The van der Waals surface area contributed by atoms with E-state index in [4.69, 9.17) is 10.5 Å². The Hall–Kier alpha value is -7.86. The summed E-state index contributed by atoms with van der Waals surface area (Å²) in [6, 6.07) is 39.4. The van der Waals surface area contributed by atoms with Gasteiger partial charge in [0.05, 0.1) is 39.3 Å². The molecular formula is C42H31N7O5. The maximum Gasteiger partial charge on any atom is 0.345 e. The number of aromatic nitrogens is 2. The molecule has 0 radical (unpaired) electrons. The average Bonchev–Trinajstić information content (AvgIpc) is 3.17. The van der Waals surface area contributed by atoms with Gasteiger partial charge in [-0.25, -0.2) is 9.59 Å². The number of carbonyl (C=O) groups excluding carboxylic acids is 4. The van der Waals surface area contributed by atoms with Gasteiger partial charge in [0.2, 0.25) is 0 Å². The van der Waals surface area contributed by atoms with Gasteiger partial charge >= 0.3 is 11.7 Å². The van der Waals surface area contributed by atoms with Gasteiger partial charge in [0.25, 0.3) is 0 Å². The van der Waals surface area contributed by atoms with E-state index in [0.717, 1.165) is 11.4 Å². The molecule has 0 aliphatic heterocycles. The Labute approximate surface area is 307 Å². The molecule has 1 aromatic heterocycles. The predicted molar refractivity (Wildman–Crippen MR) is 209 cm³/mol. The number of rotatable bonds is 4. The van der Waals surface area contributed by atoms with Crippen LogP contribution in [-0.4, -0.2) is 33.3 Å². The molecule has 0 bridgehead atoms. The number of carbonyl (C=O) groups is 4. The fourth-order valence-corrected chi connectivity index (χ4v) is 6.52. The van der Waals surface area contributed by atoms with E-state index in [1.54, 1.807) is 48.5 Å². The molecule has 2 aliphatic carbocycles. The largest absolute Gasteiger partial charge is 0.398 e. The molecule has 12 nitrogen and oxygen atoms in total. The predicted octanol–water partition coefficient (Wildman–Crippen LogP) is 6.69. The first-order valence-corrected chi connectivity index (χ1v) is 16.6. The molecule has 9 rings (SSSR count). The van der Waals surface area contributed by atoms with Crippen LogP contribution >= 0.6 is 0 Å². The van der Waals surface area contributed by atoms with Crippen molar-refractivity contribution in [3.05, 3.63) is 177 Å². The van der Waals surface area contributed by atoms with Gasteiger partial charge < -0.3 is 32.8 Å². The number of nitrogen functional groups attached to an aromatic ring is 1. The van der Waals surface area contributed by atoms with E-state index in [1.807, 2.05) is 84.9 Å². The number of primary amides is 2. The molecule has 2 amide bonds. The zero-order valence-electron chi connectivity index (χ0n) is 28.4. The summed E-state index contributed by atoms with van der Waals surface area (Å²) in [5, 5.41) is 7.20. The Morgan fingerprint density at radius 1 is 0.519 bits per heavy atom. The lowest BCUT2D eigenvalue weighted by atomic mass is 9.82. The fraction of sp³-hybridized carbons (Fsp3) is 0. The van der Waals surface area contributed by atoms with Crippen molar-refractivity contribution in [2.75, 3.05) is 16.4 Å². The highest BCUT2D eigenvalue weighted by molar-refractivity contribution is 6.32. The van der Waals surface area contributed by atoms with Crippen LogP contribution in [0.5, 0.6) is 0 Å². The standard InChI is InChI=1S/C21H13N3O2.C20H14N2O2.CH4N2O/c25-20-14-9-5-4-8-13(14)19-17-15(23-21(26)24-19)10-11-16(18(17)20)22-12-6-2-1-3-7-12;21-15-10-11-16(22-12-6-2-1-3-7-12)18-17(15)19(23)13-8-4-5-9-14(13)20(18)24;2-1(3)4/h1-11,22H,(H,23,24,26);1-11,22H,21H2;(H4,2,3,4). The highest BCUT2D eigenvalue weighted by Gasteiger charge is 2.33. The number of amides is 2. The van der Waals surface area contributed by atoms with Gasteiger partial charge in [-0.05, 0) is 48.5 Å². The van der Waals surface area contributed by atoms with Gasteiger partial charge in [0.15, 0.2) is 17.3 Å². The van der Waals surface area contributed by atoms with Gasteiger partial charge in [-0.1, -0.05) is 84.9 Å². The number of hydrogen-bond acceptors (Lipinski definition) is 9. The van der Waals surface area contributed by atoms with Crippen LogP contribution in [-0.2, 0) is 0 Å². The summed E-state index contributed by atoms with van der Waals surface area (Å²) in [7, 11) is 0. The van der Waals surface area contributed by atoms with Crippen LogP contribution in [0.2, 0.25) is 0 Å². The highest BCUT2D eigenvalue weighted by Crippen LogP contribution is 2.41. The molecule has 264 valence electrons. The fourth-order valence-electron chi connectivity index (χ4n) is 6.52. The SMILES string of the molecule is NC(N)=O.Nc1ccc(Nc2ccccc2)c2c1C(=O)c1ccccc1C2=O.O=C1c2ccccc2-c2nc(=O)[nH]c3ccc(Nc4ccccc4)c1c23. The Balaban J connectivity index is 0.000000152. The van der Waals surface area contributed by atoms with Crippen molar-refractivity contribution in [3.8, 4) is 11.3 Å². The average molecular weight is 714 g/mol. The van der Waals surface area contributed by atoms with Crippen LogP contribution in [0, 0.1) is 0 Å². The summed E-state index contributed by atoms with van der Waals surface area (Å²) in [5.74, 6) is -0.480. The van der Waals surface area contributed by atoms with E-state index in [2.05, 4.69) is 32.1 Å². The number of nitrogens with one attached hydrogen (secondary N) is 3. The van der Waals surface area contributed by atoms with Gasteiger partial charge in [0, 0.05) is 44.7 Å². The smallest absolute Gasteiger partial charge is 0.345 e. The van der Waals surface area contributed by atoms with Crippen LogP contribution in [0.15, 0.2) is 138 Å². The second-order valence-corrected chi connectivity index (χ2v) is 12.2. The lowest BCUT2D eigenvalue weighted by molar-refractivity contribution is 0.0980. The van der Waals surface area contributed by atoms with E-state index in [9.17, 15) is 19.2 Å². The van der Waals surface area contributed by atoms with Crippen molar-refractivity contribution in [1.29, 1.82) is 0 Å². The third-order valence-corrected chi connectivity index (χ3v) is 8.76. The number of para-hydroxylation sites is 2. The molecule has 54 heavy (non-hydrogen) atoms. The zero-order valence-corrected chi connectivity index (χ0v) is 28.4. The van der Waals surface area contributed by atoms with Gasteiger partial charge in [-0.3, -0.25) is 14.4 Å². The highest BCUT2D eigenvalue weighted by atomic mass is 16.2. The Morgan fingerprint density at radius 2 is 0.944 bits per heavy atom. The third-order valence-electron chi connectivity index (χ3n) is 8.76. The molecule has 1 heterocycles. The number of H-pyrrole nitrogens is 1. The summed E-state index contributed by atoms with van der Waals surface area (Å²) >= 11 is 0. The summed E-state index contributed by atoms with van der Waals surface area (Å²) in [5.41, 5.74) is 21.8. The molecule has 6 aromatic carbocycles. The number of ketones is 3. The molecule has 2 aliphatic rings. The number of urea groups is 1. The Kier molecular flexibility index (Phi) is 9.22. The van der Waals surface area contributed by atoms with E-state index in [0.29, 0.717) is 67.0 Å². The first kappa shape index (κ1) is 34.6. The van der Waals surface area contributed by atoms with Crippen LogP contribution in [0.1, 0.15) is 47.8 Å². The lowest BCUT2D eigenvalue weighted by Gasteiger charge is -2.22. The maximum absolute atomic E-state index is 13.2. The Morgan fingerprint density at radius 3 is 1.50 bits per heavy atom. The number of anilines is 5. The second kappa shape index (κ2) is 14.4. The van der Waals surface area contributed by atoms with Crippen molar-refractivity contribution in [2.24, 2.45) is 11.5 Å². The Bertz CT molecular complexity index is 2690. The summed E-state index contributed by atoms with van der Waals surface area (Å²) in [6.45, 7) is 0. The van der Waals surface area contributed by atoms with Gasteiger partial charge in [-0.2, -0.15) is 4.98 Å². The minimum absolute atomic E-state index is 0.0778. The summed E-state index contributed by atoms with van der Waals surface area (Å²) in [6.07, 6.45) is 0. The van der Waals surface area contributed by atoms with Crippen molar-refractivity contribution < 1.29 is 19.2 Å². The quantitative estimate of drug-likeness (QED) is 0.107. The zero-order chi connectivity index (χ0) is 37.9. The molecule has 0 unspecified atom stereocenters. The molecule has 0 spiro atoms. The molecule has 0 fully saturated rings. The first-order valence-electron chi connectivity index (χ1n) is 16.6. The molecule has 9 N–H and O–H groups in total. The van der Waals surface area contributed by atoms with E-state index >= 15 is 0 Å². The summed E-state index contributed by atoms with van der Waals surface area (Å²) in [4.78, 5) is 66.9. The number of aromatic amines is 1. The minimum atomic E-state index is -0.833. The molecule has 12 heteroatoms. The summed E-state index contributed by atoms with van der Waals surface area (Å²) < 4.78 is 0. The minimum Gasteiger partial charge on any atom is -0.398 e. The number of nitrogens with zero attached hydrogens (tertiary/aromatic N) is 1. The van der Waals surface area contributed by atoms with Crippen LogP contribution in [0.25, 0.3) is 22.2 Å². The monoisotopic (exact) mass is 713 g/mol. The van der Waals surface area contributed by atoms with E-state index < -0.39 is 11.7 Å². The number of benzene rings is 6. The maximum atomic E-state index is 13.2. The van der Waals surface area contributed by atoms with E-state index in [-0.39, 0.29) is 22.9 Å². The van der Waals surface area contributed by atoms with Crippen LogP contribution in [0.3, 0.4) is 0 Å². The van der Waals surface area contributed by atoms with Crippen molar-refractivity contribution in [1.82, 2.24) is 9.97 Å². The molecule has 0 atom stereocenters. The van der Waals surface area contributed by atoms with Crippen molar-refractivity contribution >= 4 is 62.7 Å². The molecule has 7 aromatic rings. The third kappa shape index (κ3) is 6.53.